The Balaban J connectivity index is 0.000000347. The Hall–Kier alpha value is -3.69. The van der Waals surface area contributed by atoms with Crippen LogP contribution in [0.1, 0.15) is 0 Å². The Morgan fingerprint density at radius 1 is 0.382 bits per heavy atom. The zero-order chi connectivity index (χ0) is 25.2. The summed E-state index contributed by atoms with van der Waals surface area (Å²) in [4.78, 5) is 0. The van der Waals surface area contributed by atoms with E-state index in [1.54, 1.807) is 0 Å². The van der Waals surface area contributed by atoms with Gasteiger partial charge in [-0.15, -0.1) is 0 Å². The maximum absolute atomic E-state index is 9.75. The van der Waals surface area contributed by atoms with Gasteiger partial charge in [0.2, 0.25) is 11.4 Å². The molecule has 2 aromatic carbocycles. The molecule has 2 heterocycles. The van der Waals surface area contributed by atoms with Gasteiger partial charge in [-0.2, -0.15) is 9.13 Å². The van der Waals surface area contributed by atoms with E-state index in [0.29, 0.717) is 0 Å². The van der Waals surface area contributed by atoms with Crippen molar-refractivity contribution in [3.05, 3.63) is 110 Å². The van der Waals surface area contributed by atoms with Crippen LogP contribution in [0.3, 0.4) is 0 Å². The standard InChI is InChI=1S/C22H18N2.2BF4/c1-3-7-21(8-4-1)23-15-11-19(12-16-23)20-13-17-24(18-14-20)22-9-5-2-6-10-22;2*2-1(3,4)5/h1-18H;;/q+2;2*-1. The molecule has 4 rings (SSSR count). The van der Waals surface area contributed by atoms with Crippen molar-refractivity contribution in [2.75, 3.05) is 0 Å². The van der Waals surface area contributed by atoms with Crippen LogP contribution in [-0.2, 0) is 0 Å². The molecule has 0 radical (unpaired) electrons. The van der Waals surface area contributed by atoms with Gasteiger partial charge in [-0.25, -0.2) is 0 Å². The first kappa shape index (κ1) is 26.6. The van der Waals surface area contributed by atoms with Gasteiger partial charge in [0.05, 0.1) is 0 Å². The molecular formula is C22H18B2F8N2. The lowest BCUT2D eigenvalue weighted by molar-refractivity contribution is -0.596. The van der Waals surface area contributed by atoms with Crippen molar-refractivity contribution >= 4 is 14.5 Å². The van der Waals surface area contributed by atoms with E-state index >= 15 is 0 Å². The first-order valence-corrected chi connectivity index (χ1v) is 9.79. The number of hydrogen-bond acceptors (Lipinski definition) is 0. The van der Waals surface area contributed by atoms with E-state index in [-0.39, 0.29) is 0 Å². The maximum Gasteiger partial charge on any atom is 0.673 e. The molecule has 2 aromatic heterocycles. The van der Waals surface area contributed by atoms with Crippen molar-refractivity contribution < 1.29 is 43.7 Å². The summed E-state index contributed by atoms with van der Waals surface area (Å²) in [6.45, 7) is 0. The Bertz CT molecular complexity index is 1020. The minimum Gasteiger partial charge on any atom is -0.418 e. The van der Waals surface area contributed by atoms with Crippen molar-refractivity contribution in [3.63, 3.8) is 0 Å². The van der Waals surface area contributed by atoms with Crippen molar-refractivity contribution in [2.45, 2.75) is 0 Å². The Kier molecular flexibility index (Phi) is 9.35. The molecule has 0 N–H and O–H groups in total. The number of hydrogen-bond donors (Lipinski definition) is 0. The van der Waals surface area contributed by atoms with Crippen LogP contribution in [0, 0.1) is 0 Å². The third-order valence-corrected chi connectivity index (χ3v) is 4.10. The summed E-state index contributed by atoms with van der Waals surface area (Å²) in [7, 11) is -12.0. The predicted molar refractivity (Wildman–Crippen MR) is 115 cm³/mol. The highest BCUT2D eigenvalue weighted by molar-refractivity contribution is 6.50. The van der Waals surface area contributed by atoms with Crippen LogP contribution in [0.4, 0.5) is 34.5 Å². The Morgan fingerprint density at radius 2 is 0.618 bits per heavy atom. The van der Waals surface area contributed by atoms with Crippen LogP contribution in [0.2, 0.25) is 0 Å². The van der Waals surface area contributed by atoms with E-state index in [1.165, 1.54) is 22.5 Å². The molecule has 2 nitrogen and oxygen atoms in total. The molecule has 178 valence electrons. The summed E-state index contributed by atoms with van der Waals surface area (Å²) in [6, 6.07) is 29.3. The zero-order valence-electron chi connectivity index (χ0n) is 17.5. The molecule has 34 heavy (non-hydrogen) atoms. The van der Waals surface area contributed by atoms with Crippen molar-refractivity contribution in [2.24, 2.45) is 0 Å². The van der Waals surface area contributed by atoms with E-state index in [1.807, 2.05) is 12.1 Å². The predicted octanol–water partition coefficient (Wildman–Crippen LogP) is 6.51. The van der Waals surface area contributed by atoms with Gasteiger partial charge in [-0.3, -0.25) is 0 Å². The topological polar surface area (TPSA) is 7.76 Å². The second-order valence-electron chi connectivity index (χ2n) is 6.65. The molecular weight excluding hydrogens is 466 g/mol. The van der Waals surface area contributed by atoms with E-state index in [9.17, 15) is 34.5 Å². The summed E-state index contributed by atoms with van der Waals surface area (Å²) < 4.78 is 82.2. The van der Waals surface area contributed by atoms with Crippen LogP contribution in [-0.4, -0.2) is 14.5 Å². The van der Waals surface area contributed by atoms with Gasteiger partial charge >= 0.3 is 14.5 Å². The number of benzene rings is 2. The largest absolute Gasteiger partial charge is 0.673 e. The van der Waals surface area contributed by atoms with Gasteiger partial charge < -0.3 is 34.5 Å². The highest BCUT2D eigenvalue weighted by atomic mass is 19.5. The SMILES string of the molecule is F[B-](F)(F)F.F[B-](F)(F)F.c1ccc(-[n+]2ccc(-c3cc[n+](-c4ccccc4)cc3)cc2)cc1. The van der Waals surface area contributed by atoms with Gasteiger partial charge in [0.25, 0.3) is 0 Å². The minimum absolute atomic E-state index is 1.17. The molecule has 0 saturated carbocycles. The molecule has 0 aliphatic heterocycles. The van der Waals surface area contributed by atoms with Crippen LogP contribution >= 0.6 is 0 Å². The molecule has 4 aromatic rings. The molecule has 12 heteroatoms. The first-order valence-electron chi connectivity index (χ1n) is 9.79. The first-order chi connectivity index (χ1) is 15.9. The summed E-state index contributed by atoms with van der Waals surface area (Å²) >= 11 is 0. The van der Waals surface area contributed by atoms with Crippen molar-refractivity contribution in [1.29, 1.82) is 0 Å². The summed E-state index contributed by atoms with van der Waals surface area (Å²) in [6.07, 6.45) is 8.40. The van der Waals surface area contributed by atoms with Crippen LogP contribution < -0.4 is 9.13 Å². The number of aromatic nitrogens is 2. The maximum atomic E-state index is 9.75. The normalized spacial score (nSPS) is 10.9. The molecule has 0 amide bonds. The summed E-state index contributed by atoms with van der Waals surface area (Å²) in [5.74, 6) is 0. The molecule has 0 atom stereocenters. The number of pyridine rings is 2. The number of halogens is 8. The van der Waals surface area contributed by atoms with E-state index in [0.717, 1.165) is 0 Å². The summed E-state index contributed by atoms with van der Waals surface area (Å²) in [5.41, 5.74) is 4.75. The monoisotopic (exact) mass is 484 g/mol. The Morgan fingerprint density at radius 3 is 0.853 bits per heavy atom. The average molecular weight is 484 g/mol. The van der Waals surface area contributed by atoms with E-state index in [2.05, 4.69) is 107 Å². The smallest absolute Gasteiger partial charge is 0.418 e. The quantitative estimate of drug-likeness (QED) is 0.178. The average Bonchev–Trinajstić information content (AvgIpc) is 2.78. The number of para-hydroxylation sites is 2. The fourth-order valence-electron chi connectivity index (χ4n) is 2.78. The second-order valence-corrected chi connectivity index (χ2v) is 6.65. The van der Waals surface area contributed by atoms with Crippen LogP contribution in [0.25, 0.3) is 22.5 Å². The molecule has 0 aliphatic rings. The molecule has 0 unspecified atom stereocenters. The van der Waals surface area contributed by atoms with Crippen molar-refractivity contribution in [3.8, 4) is 22.5 Å². The number of nitrogens with zero attached hydrogens (tertiary/aromatic N) is 2. The lowest BCUT2D eigenvalue weighted by atomic mass is 10.1. The minimum atomic E-state index is -6.00. The highest BCUT2D eigenvalue weighted by Crippen LogP contribution is 2.16. The van der Waals surface area contributed by atoms with Crippen LogP contribution in [0.15, 0.2) is 110 Å². The molecule has 0 bridgehead atoms. The molecule has 0 spiro atoms. The highest BCUT2D eigenvalue weighted by Gasteiger charge is 2.21. The van der Waals surface area contributed by atoms with Gasteiger partial charge in [-0.1, -0.05) is 36.4 Å². The second kappa shape index (κ2) is 12.0. The summed E-state index contributed by atoms with van der Waals surface area (Å²) in [5, 5.41) is 0. The lowest BCUT2D eigenvalue weighted by Crippen LogP contribution is -2.29. The van der Waals surface area contributed by atoms with Crippen molar-refractivity contribution in [1.82, 2.24) is 0 Å². The van der Waals surface area contributed by atoms with Gasteiger partial charge in [-0.05, 0) is 11.1 Å². The van der Waals surface area contributed by atoms with E-state index in [4.69, 9.17) is 0 Å². The third kappa shape index (κ3) is 10.8. The fourth-order valence-corrected chi connectivity index (χ4v) is 2.78. The zero-order valence-corrected chi connectivity index (χ0v) is 17.5. The van der Waals surface area contributed by atoms with Gasteiger partial charge in [0.1, 0.15) is 0 Å². The van der Waals surface area contributed by atoms with Gasteiger partial charge in [0, 0.05) is 48.5 Å². The molecule has 0 fully saturated rings. The van der Waals surface area contributed by atoms with Crippen LogP contribution in [0.5, 0.6) is 0 Å². The fraction of sp³-hybridized carbons (Fsp3) is 0. The Labute approximate surface area is 191 Å². The molecule has 0 saturated heterocycles. The van der Waals surface area contributed by atoms with E-state index < -0.39 is 14.5 Å². The van der Waals surface area contributed by atoms with Gasteiger partial charge in [0.15, 0.2) is 24.8 Å². The third-order valence-electron chi connectivity index (χ3n) is 4.10. The number of rotatable bonds is 3. The lowest BCUT2D eigenvalue weighted by Gasteiger charge is -2.01. The molecule has 0 aliphatic carbocycles.